The van der Waals surface area contributed by atoms with Gasteiger partial charge in [0, 0.05) is 35.4 Å². The number of aromatic nitrogens is 3. The topological polar surface area (TPSA) is 103 Å². The molecule has 0 atom stereocenters. The molecular formula is C23H28N4O3. The van der Waals surface area contributed by atoms with Gasteiger partial charge in [-0.1, -0.05) is 43.9 Å². The Morgan fingerprint density at radius 3 is 2.67 bits per heavy atom. The summed E-state index contributed by atoms with van der Waals surface area (Å²) in [6, 6.07) is 8.00. The Labute approximate surface area is 174 Å². The van der Waals surface area contributed by atoms with Crippen molar-refractivity contribution in [3.8, 4) is 5.88 Å². The van der Waals surface area contributed by atoms with E-state index in [1.165, 1.54) is 4.57 Å². The van der Waals surface area contributed by atoms with Gasteiger partial charge < -0.3 is 10.1 Å². The number of para-hydroxylation sites is 1. The van der Waals surface area contributed by atoms with Gasteiger partial charge in [0.1, 0.15) is 5.56 Å². The Morgan fingerprint density at radius 1 is 1.17 bits per heavy atom. The van der Waals surface area contributed by atoms with Gasteiger partial charge in [-0.3, -0.25) is 19.3 Å². The second kappa shape index (κ2) is 8.73. The Balaban J connectivity index is 1.59. The summed E-state index contributed by atoms with van der Waals surface area (Å²) in [4.78, 5) is 35.1. The first kappa shape index (κ1) is 20.2. The number of aliphatic imine (C=N–C) groups is 1. The average Bonchev–Trinajstić information content (AvgIpc) is 2.93. The third-order valence-corrected chi connectivity index (χ3v) is 6.07. The number of nitrogens with one attached hydrogen (secondary N) is 2. The fourth-order valence-corrected chi connectivity index (χ4v) is 4.48. The van der Waals surface area contributed by atoms with Gasteiger partial charge >= 0.3 is 5.69 Å². The maximum absolute atomic E-state index is 12.5. The van der Waals surface area contributed by atoms with Crippen LogP contribution in [-0.2, 0) is 6.42 Å². The van der Waals surface area contributed by atoms with Gasteiger partial charge in [0.05, 0.1) is 0 Å². The molecule has 0 aliphatic heterocycles. The Hall–Kier alpha value is -3.09. The molecule has 0 bridgehead atoms. The van der Waals surface area contributed by atoms with Crippen molar-refractivity contribution in [2.45, 2.75) is 57.9 Å². The van der Waals surface area contributed by atoms with E-state index in [-0.39, 0.29) is 17.5 Å². The minimum absolute atomic E-state index is 0.0883. The summed E-state index contributed by atoms with van der Waals surface area (Å²) in [7, 11) is 0. The Kier molecular flexibility index (Phi) is 5.88. The summed E-state index contributed by atoms with van der Waals surface area (Å²) in [5.74, 6) is -0.260. The van der Waals surface area contributed by atoms with Gasteiger partial charge in [-0.25, -0.2) is 4.79 Å². The molecule has 1 fully saturated rings. The fraction of sp³-hybridized carbons (Fsp3) is 0.435. The van der Waals surface area contributed by atoms with Crippen LogP contribution in [0.4, 0.5) is 0 Å². The van der Waals surface area contributed by atoms with Crippen LogP contribution in [0.2, 0.25) is 0 Å². The van der Waals surface area contributed by atoms with Gasteiger partial charge in [-0.05, 0) is 37.8 Å². The van der Waals surface area contributed by atoms with Crippen molar-refractivity contribution in [2.24, 2.45) is 4.99 Å². The molecule has 0 unspecified atom stereocenters. The molecule has 1 saturated carbocycles. The van der Waals surface area contributed by atoms with E-state index < -0.39 is 11.2 Å². The number of hydrogen-bond donors (Lipinski definition) is 3. The maximum atomic E-state index is 12.5. The van der Waals surface area contributed by atoms with Crippen LogP contribution < -0.4 is 11.2 Å². The van der Waals surface area contributed by atoms with E-state index in [0.717, 1.165) is 55.0 Å². The summed E-state index contributed by atoms with van der Waals surface area (Å²) in [6.07, 6.45) is 8.65. The van der Waals surface area contributed by atoms with Crippen molar-refractivity contribution >= 4 is 16.6 Å². The molecule has 7 heteroatoms. The predicted octanol–water partition coefficient (Wildman–Crippen LogP) is 3.67. The van der Waals surface area contributed by atoms with E-state index in [4.69, 9.17) is 0 Å². The molecule has 1 aromatic carbocycles. The standard InChI is InChI=1S/C23H28N4O3/c1-15(24-13-12-16-14-25-19-11-7-6-10-18(16)19)20-21(28)26-23(30)27(22(20)29)17-8-4-2-3-5-9-17/h6-7,10-11,14,17,25,29H,2-5,8-9,12-13H2,1H3,(H,26,28,30). The minimum Gasteiger partial charge on any atom is -0.494 e. The SMILES string of the molecule is CC(=NCCc1c[nH]c2ccccc12)c1c(O)n(C2CCCCCC2)c(=O)[nH]c1=O. The second-order valence-corrected chi connectivity index (χ2v) is 8.05. The molecule has 0 radical (unpaired) electrons. The number of hydrogen-bond acceptors (Lipinski definition) is 4. The Bertz CT molecular complexity index is 1180. The summed E-state index contributed by atoms with van der Waals surface area (Å²) >= 11 is 0. The van der Waals surface area contributed by atoms with Crippen LogP contribution in [-0.4, -0.2) is 31.9 Å². The number of aromatic amines is 2. The molecule has 7 nitrogen and oxygen atoms in total. The zero-order chi connectivity index (χ0) is 21.1. The van der Waals surface area contributed by atoms with Gasteiger partial charge in [0.25, 0.3) is 5.56 Å². The summed E-state index contributed by atoms with van der Waals surface area (Å²) in [5.41, 5.74) is 1.64. The molecule has 0 saturated heterocycles. The van der Waals surface area contributed by atoms with Crippen LogP contribution >= 0.6 is 0 Å². The smallest absolute Gasteiger partial charge is 0.331 e. The van der Waals surface area contributed by atoms with Crippen molar-refractivity contribution in [3.63, 3.8) is 0 Å². The lowest BCUT2D eigenvalue weighted by atomic mass is 10.1. The van der Waals surface area contributed by atoms with Crippen molar-refractivity contribution in [1.82, 2.24) is 14.5 Å². The molecule has 3 N–H and O–H groups in total. The van der Waals surface area contributed by atoms with Gasteiger partial charge in [-0.2, -0.15) is 0 Å². The fourth-order valence-electron chi connectivity index (χ4n) is 4.48. The monoisotopic (exact) mass is 408 g/mol. The molecule has 4 rings (SSSR count). The normalized spacial score (nSPS) is 16.1. The van der Waals surface area contributed by atoms with E-state index in [0.29, 0.717) is 18.7 Å². The number of nitrogens with zero attached hydrogens (tertiary/aromatic N) is 2. The number of fused-ring (bicyclic) bond motifs is 1. The van der Waals surface area contributed by atoms with Gasteiger partial charge in [0.15, 0.2) is 0 Å². The molecule has 3 aromatic rings. The summed E-state index contributed by atoms with van der Waals surface area (Å²) in [6.45, 7) is 2.19. The third-order valence-electron chi connectivity index (χ3n) is 6.07. The summed E-state index contributed by atoms with van der Waals surface area (Å²) < 4.78 is 1.36. The lowest BCUT2D eigenvalue weighted by Crippen LogP contribution is -2.35. The van der Waals surface area contributed by atoms with Gasteiger partial charge in [-0.15, -0.1) is 0 Å². The molecule has 0 spiro atoms. The van der Waals surface area contributed by atoms with Crippen LogP contribution in [0.25, 0.3) is 10.9 Å². The molecular weight excluding hydrogens is 380 g/mol. The first-order valence-corrected chi connectivity index (χ1v) is 10.7. The molecule has 2 heterocycles. The van der Waals surface area contributed by atoms with Crippen LogP contribution in [0, 0.1) is 0 Å². The van der Waals surface area contributed by atoms with Crippen molar-refractivity contribution in [2.75, 3.05) is 6.54 Å². The van der Waals surface area contributed by atoms with Crippen LogP contribution in [0.5, 0.6) is 5.88 Å². The first-order valence-electron chi connectivity index (χ1n) is 10.7. The zero-order valence-electron chi connectivity index (χ0n) is 17.3. The van der Waals surface area contributed by atoms with Crippen molar-refractivity contribution < 1.29 is 5.11 Å². The highest BCUT2D eigenvalue weighted by molar-refractivity contribution is 6.00. The van der Waals surface area contributed by atoms with Gasteiger partial charge in [0.2, 0.25) is 5.88 Å². The zero-order valence-corrected chi connectivity index (χ0v) is 17.3. The lowest BCUT2D eigenvalue weighted by Gasteiger charge is -2.20. The number of aromatic hydroxyl groups is 1. The van der Waals surface area contributed by atoms with E-state index in [2.05, 4.69) is 21.0 Å². The molecule has 30 heavy (non-hydrogen) atoms. The second-order valence-electron chi connectivity index (χ2n) is 8.05. The van der Waals surface area contributed by atoms with Crippen LogP contribution in [0.15, 0.2) is 45.0 Å². The number of rotatable bonds is 5. The molecule has 158 valence electrons. The van der Waals surface area contributed by atoms with E-state index in [1.54, 1.807) is 6.92 Å². The average molecular weight is 409 g/mol. The largest absolute Gasteiger partial charge is 0.494 e. The molecule has 0 amide bonds. The van der Waals surface area contributed by atoms with Crippen molar-refractivity contribution in [3.05, 3.63) is 62.4 Å². The highest BCUT2D eigenvalue weighted by atomic mass is 16.3. The number of H-pyrrole nitrogens is 2. The third kappa shape index (κ3) is 3.97. The van der Waals surface area contributed by atoms with E-state index in [9.17, 15) is 14.7 Å². The number of benzene rings is 1. The molecule has 1 aliphatic carbocycles. The van der Waals surface area contributed by atoms with Crippen LogP contribution in [0.3, 0.4) is 0 Å². The molecule has 2 aromatic heterocycles. The summed E-state index contributed by atoms with van der Waals surface area (Å²) in [5, 5.41) is 12.0. The highest BCUT2D eigenvalue weighted by Crippen LogP contribution is 2.29. The Morgan fingerprint density at radius 2 is 1.90 bits per heavy atom. The molecule has 1 aliphatic rings. The highest BCUT2D eigenvalue weighted by Gasteiger charge is 2.23. The van der Waals surface area contributed by atoms with Crippen LogP contribution in [0.1, 0.15) is 62.6 Å². The lowest BCUT2D eigenvalue weighted by molar-refractivity contribution is 0.339. The quantitative estimate of drug-likeness (QED) is 0.443. The maximum Gasteiger partial charge on any atom is 0.331 e. The van der Waals surface area contributed by atoms with E-state index >= 15 is 0 Å². The predicted molar refractivity (Wildman–Crippen MR) is 119 cm³/mol. The van der Waals surface area contributed by atoms with Crippen molar-refractivity contribution in [1.29, 1.82) is 0 Å². The van der Waals surface area contributed by atoms with E-state index in [1.807, 2.05) is 24.4 Å². The first-order chi connectivity index (χ1) is 14.6. The minimum atomic E-state index is -0.587.